The Morgan fingerprint density at radius 2 is 2.33 bits per heavy atom. The van der Waals surface area contributed by atoms with Crippen LogP contribution in [-0.2, 0) is 9.53 Å². The Kier molecular flexibility index (Phi) is 6.89. The number of carbonyl (C=O) groups excluding carboxylic acids is 1. The SMILES string of the molecule is CCOCCCNC(=O)N1CCSCC1C(=O)O. The van der Waals surface area contributed by atoms with E-state index in [1.54, 1.807) is 11.8 Å². The molecule has 104 valence electrons. The quantitative estimate of drug-likeness (QED) is 0.695. The molecule has 18 heavy (non-hydrogen) atoms. The molecule has 1 saturated heterocycles. The number of nitrogens with zero attached hydrogens (tertiary/aromatic N) is 1. The number of ether oxygens (including phenoxy) is 1. The maximum Gasteiger partial charge on any atom is 0.327 e. The summed E-state index contributed by atoms with van der Waals surface area (Å²) in [5.41, 5.74) is 0. The van der Waals surface area contributed by atoms with Gasteiger partial charge in [0.05, 0.1) is 0 Å². The van der Waals surface area contributed by atoms with E-state index in [9.17, 15) is 9.59 Å². The summed E-state index contributed by atoms with van der Waals surface area (Å²) >= 11 is 1.56. The highest BCUT2D eigenvalue weighted by molar-refractivity contribution is 7.99. The third-order valence-corrected chi connectivity index (χ3v) is 3.64. The zero-order chi connectivity index (χ0) is 13.4. The zero-order valence-electron chi connectivity index (χ0n) is 10.6. The van der Waals surface area contributed by atoms with Crippen LogP contribution in [0.15, 0.2) is 0 Å². The highest BCUT2D eigenvalue weighted by Gasteiger charge is 2.32. The molecule has 0 radical (unpaired) electrons. The fourth-order valence-electron chi connectivity index (χ4n) is 1.67. The summed E-state index contributed by atoms with van der Waals surface area (Å²) in [4.78, 5) is 24.3. The van der Waals surface area contributed by atoms with Crippen LogP contribution in [0, 0.1) is 0 Å². The van der Waals surface area contributed by atoms with Crippen molar-refractivity contribution >= 4 is 23.8 Å². The molecule has 0 aliphatic carbocycles. The van der Waals surface area contributed by atoms with Gasteiger partial charge in [-0.25, -0.2) is 9.59 Å². The van der Waals surface area contributed by atoms with Crippen LogP contribution < -0.4 is 5.32 Å². The second kappa shape index (κ2) is 8.20. The van der Waals surface area contributed by atoms with Gasteiger partial charge in [0.15, 0.2) is 0 Å². The molecule has 1 aliphatic rings. The predicted molar refractivity (Wildman–Crippen MR) is 70.0 cm³/mol. The lowest BCUT2D eigenvalue weighted by atomic mass is 10.3. The van der Waals surface area contributed by atoms with E-state index in [4.69, 9.17) is 9.84 Å². The first-order chi connectivity index (χ1) is 8.66. The highest BCUT2D eigenvalue weighted by Crippen LogP contribution is 2.16. The maximum atomic E-state index is 11.8. The molecule has 0 aromatic heterocycles. The van der Waals surface area contributed by atoms with Gasteiger partial charge in [0, 0.05) is 37.8 Å². The van der Waals surface area contributed by atoms with Crippen LogP contribution in [0.5, 0.6) is 0 Å². The van der Waals surface area contributed by atoms with Crippen molar-refractivity contribution in [2.75, 3.05) is 37.8 Å². The minimum Gasteiger partial charge on any atom is -0.480 e. The first-order valence-electron chi connectivity index (χ1n) is 6.09. The number of urea groups is 1. The number of amides is 2. The smallest absolute Gasteiger partial charge is 0.327 e. The number of aliphatic carboxylic acids is 1. The molecule has 1 fully saturated rings. The fraction of sp³-hybridized carbons (Fsp3) is 0.818. The summed E-state index contributed by atoms with van der Waals surface area (Å²) in [6.07, 6.45) is 0.736. The number of hydrogen-bond donors (Lipinski definition) is 2. The second-order valence-electron chi connectivity index (χ2n) is 3.90. The minimum atomic E-state index is -0.938. The Morgan fingerprint density at radius 1 is 1.56 bits per heavy atom. The molecule has 1 atom stereocenters. The summed E-state index contributed by atoms with van der Waals surface area (Å²) in [7, 11) is 0. The summed E-state index contributed by atoms with van der Waals surface area (Å²) in [5.74, 6) is 0.310. The summed E-state index contributed by atoms with van der Waals surface area (Å²) in [5, 5.41) is 11.8. The Hall–Kier alpha value is -0.950. The van der Waals surface area contributed by atoms with Gasteiger partial charge in [-0.3, -0.25) is 0 Å². The van der Waals surface area contributed by atoms with Gasteiger partial charge in [-0.1, -0.05) is 0 Å². The highest BCUT2D eigenvalue weighted by atomic mass is 32.2. The van der Waals surface area contributed by atoms with Crippen LogP contribution >= 0.6 is 11.8 Å². The van der Waals surface area contributed by atoms with E-state index in [1.807, 2.05) is 6.92 Å². The number of thioether (sulfide) groups is 1. The van der Waals surface area contributed by atoms with Gasteiger partial charge in [-0.05, 0) is 13.3 Å². The van der Waals surface area contributed by atoms with Gasteiger partial charge in [0.2, 0.25) is 0 Å². The molecular formula is C11H20N2O4S. The molecule has 1 heterocycles. The second-order valence-corrected chi connectivity index (χ2v) is 5.05. The maximum absolute atomic E-state index is 11.8. The molecule has 0 aromatic carbocycles. The van der Waals surface area contributed by atoms with Crippen molar-refractivity contribution in [2.45, 2.75) is 19.4 Å². The zero-order valence-corrected chi connectivity index (χ0v) is 11.4. The van der Waals surface area contributed by atoms with Crippen molar-refractivity contribution in [1.29, 1.82) is 0 Å². The minimum absolute atomic E-state index is 0.292. The number of nitrogens with one attached hydrogen (secondary N) is 1. The Balaban J connectivity index is 2.32. The lowest BCUT2D eigenvalue weighted by Crippen LogP contribution is -2.53. The molecule has 0 bridgehead atoms. The Labute approximate surface area is 111 Å². The van der Waals surface area contributed by atoms with Crippen LogP contribution in [0.25, 0.3) is 0 Å². The van der Waals surface area contributed by atoms with Crippen LogP contribution in [0.3, 0.4) is 0 Å². The van der Waals surface area contributed by atoms with E-state index in [0.717, 1.165) is 12.2 Å². The molecule has 0 aromatic rings. The van der Waals surface area contributed by atoms with Crippen molar-refractivity contribution < 1.29 is 19.4 Å². The first kappa shape index (κ1) is 15.1. The monoisotopic (exact) mass is 276 g/mol. The van der Waals surface area contributed by atoms with E-state index in [2.05, 4.69) is 5.32 Å². The van der Waals surface area contributed by atoms with Crippen LogP contribution in [0.1, 0.15) is 13.3 Å². The van der Waals surface area contributed by atoms with Gasteiger partial charge in [0.25, 0.3) is 0 Å². The van der Waals surface area contributed by atoms with Crippen LogP contribution in [0.2, 0.25) is 0 Å². The van der Waals surface area contributed by atoms with Crippen molar-refractivity contribution in [3.8, 4) is 0 Å². The average molecular weight is 276 g/mol. The van der Waals surface area contributed by atoms with E-state index in [0.29, 0.717) is 32.1 Å². The fourth-order valence-corrected chi connectivity index (χ4v) is 2.71. The van der Waals surface area contributed by atoms with Crippen molar-refractivity contribution in [3.63, 3.8) is 0 Å². The van der Waals surface area contributed by atoms with Crippen molar-refractivity contribution in [2.24, 2.45) is 0 Å². The first-order valence-corrected chi connectivity index (χ1v) is 7.25. The number of carboxylic acid groups (broad SMARTS) is 1. The molecular weight excluding hydrogens is 256 g/mol. The summed E-state index contributed by atoms with van der Waals surface area (Å²) < 4.78 is 5.16. The normalized spacial score (nSPS) is 19.6. The van der Waals surface area contributed by atoms with E-state index < -0.39 is 12.0 Å². The lowest BCUT2D eigenvalue weighted by molar-refractivity contribution is -0.141. The summed E-state index contributed by atoms with van der Waals surface area (Å²) in [6.45, 7) is 4.18. The summed E-state index contributed by atoms with van der Waals surface area (Å²) in [6, 6.07) is -1.00. The molecule has 7 heteroatoms. The van der Waals surface area contributed by atoms with E-state index in [-0.39, 0.29) is 6.03 Å². The van der Waals surface area contributed by atoms with Gasteiger partial charge in [-0.15, -0.1) is 0 Å². The standard InChI is InChI=1S/C11H20N2O4S/c1-2-17-6-3-4-12-11(16)13-5-7-18-8-9(13)10(14)15/h9H,2-8H2,1H3,(H,12,16)(H,14,15). The molecule has 1 unspecified atom stereocenters. The van der Waals surface area contributed by atoms with E-state index >= 15 is 0 Å². The largest absolute Gasteiger partial charge is 0.480 e. The van der Waals surface area contributed by atoms with Crippen LogP contribution in [0.4, 0.5) is 4.79 Å². The molecule has 0 spiro atoms. The molecule has 2 amide bonds. The number of carbonyl (C=O) groups is 2. The van der Waals surface area contributed by atoms with Gasteiger partial charge in [0.1, 0.15) is 6.04 Å². The average Bonchev–Trinajstić information content (AvgIpc) is 2.38. The Morgan fingerprint density at radius 3 is 3.00 bits per heavy atom. The third kappa shape index (κ3) is 4.73. The van der Waals surface area contributed by atoms with Crippen molar-refractivity contribution in [3.05, 3.63) is 0 Å². The topological polar surface area (TPSA) is 78.9 Å². The molecule has 1 aliphatic heterocycles. The van der Waals surface area contributed by atoms with Crippen LogP contribution in [-0.4, -0.2) is 65.9 Å². The van der Waals surface area contributed by atoms with E-state index in [1.165, 1.54) is 4.90 Å². The molecule has 1 rings (SSSR count). The molecule has 2 N–H and O–H groups in total. The molecule has 6 nitrogen and oxygen atoms in total. The molecule has 0 saturated carbocycles. The van der Waals surface area contributed by atoms with Crippen molar-refractivity contribution in [1.82, 2.24) is 10.2 Å². The third-order valence-electron chi connectivity index (χ3n) is 2.62. The number of rotatable bonds is 6. The number of carboxylic acids is 1. The van der Waals surface area contributed by atoms with Gasteiger partial charge >= 0.3 is 12.0 Å². The van der Waals surface area contributed by atoms with Gasteiger partial charge < -0.3 is 20.1 Å². The number of hydrogen-bond acceptors (Lipinski definition) is 4. The lowest BCUT2D eigenvalue weighted by Gasteiger charge is -2.32. The Bertz CT molecular complexity index is 288. The van der Waals surface area contributed by atoms with Gasteiger partial charge in [-0.2, -0.15) is 11.8 Å². The predicted octanol–water partition coefficient (Wildman–Crippen LogP) is 0.625.